The van der Waals surface area contributed by atoms with Crippen LogP contribution < -0.4 is 0 Å². The van der Waals surface area contributed by atoms with Crippen molar-refractivity contribution in [3.63, 3.8) is 0 Å². The van der Waals surface area contributed by atoms with E-state index in [1.165, 1.54) is 41.7 Å². The molecule has 2 aromatic carbocycles. The molecule has 0 fully saturated rings. The Morgan fingerprint density at radius 3 is 2.22 bits per heavy atom. The number of rotatable bonds is 5. The first-order chi connectivity index (χ1) is 12.7. The van der Waals surface area contributed by atoms with Crippen LogP contribution in [0.5, 0.6) is 0 Å². The molecule has 0 bridgehead atoms. The Bertz CT molecular complexity index is 828. The number of hydrogen-bond donors (Lipinski definition) is 1. The second-order valence-electron chi connectivity index (χ2n) is 9.08. The van der Waals surface area contributed by atoms with Crippen molar-refractivity contribution in [2.24, 2.45) is 0 Å². The summed E-state index contributed by atoms with van der Waals surface area (Å²) in [5, 5.41) is 9.67. The first-order valence-corrected chi connectivity index (χ1v) is 9.93. The quantitative estimate of drug-likeness (QED) is 0.669. The topological polar surface area (TPSA) is 20.2 Å². The van der Waals surface area contributed by atoms with Crippen molar-refractivity contribution in [2.45, 2.75) is 64.2 Å². The fraction of sp³-hybridized carbons (Fsp3) is 0.440. The molecule has 27 heavy (non-hydrogen) atoms. The summed E-state index contributed by atoms with van der Waals surface area (Å²) in [5.74, 6) is -0.254. The summed E-state index contributed by atoms with van der Waals surface area (Å²) in [7, 11) is 0. The molecule has 2 aromatic rings. The molecular weight excluding hydrogens is 335 g/mol. The molecule has 0 amide bonds. The smallest absolute Gasteiger partial charge is 0.123 e. The molecule has 0 radical (unpaired) electrons. The van der Waals surface area contributed by atoms with Crippen LogP contribution in [0.2, 0.25) is 0 Å². The molecule has 2 heteroatoms. The van der Waals surface area contributed by atoms with E-state index in [1.807, 2.05) is 0 Å². The van der Waals surface area contributed by atoms with Crippen LogP contribution in [-0.4, -0.2) is 11.7 Å². The minimum atomic E-state index is -0.254. The van der Waals surface area contributed by atoms with Crippen molar-refractivity contribution in [2.75, 3.05) is 6.61 Å². The van der Waals surface area contributed by atoms with E-state index in [-0.39, 0.29) is 23.3 Å². The average Bonchev–Trinajstić information content (AvgIpc) is 2.64. The third kappa shape index (κ3) is 4.32. The lowest BCUT2D eigenvalue weighted by atomic mass is 9.63. The van der Waals surface area contributed by atoms with Crippen molar-refractivity contribution >= 4 is 5.57 Å². The van der Waals surface area contributed by atoms with Gasteiger partial charge in [0.05, 0.1) is 6.61 Å². The van der Waals surface area contributed by atoms with Gasteiger partial charge in [-0.05, 0) is 76.5 Å². The van der Waals surface area contributed by atoms with Gasteiger partial charge in [-0.25, -0.2) is 4.39 Å². The number of halogens is 1. The second kappa shape index (κ2) is 7.59. The summed E-state index contributed by atoms with van der Waals surface area (Å²) in [6.45, 7) is 9.36. The molecule has 0 atom stereocenters. The van der Waals surface area contributed by atoms with Gasteiger partial charge in [0, 0.05) is 0 Å². The minimum absolute atomic E-state index is 0.0307. The molecule has 1 N–H and O–H groups in total. The molecule has 0 spiro atoms. The first kappa shape index (κ1) is 19.8. The van der Waals surface area contributed by atoms with Crippen molar-refractivity contribution in [1.82, 2.24) is 0 Å². The van der Waals surface area contributed by atoms with Gasteiger partial charge >= 0.3 is 0 Å². The van der Waals surface area contributed by atoms with Gasteiger partial charge in [0.15, 0.2) is 0 Å². The van der Waals surface area contributed by atoms with E-state index in [4.69, 9.17) is 0 Å². The number of aliphatic hydroxyl groups is 1. The Balaban J connectivity index is 1.78. The zero-order valence-electron chi connectivity index (χ0n) is 17.0. The van der Waals surface area contributed by atoms with Crippen molar-refractivity contribution in [3.05, 3.63) is 76.6 Å². The number of benzene rings is 2. The van der Waals surface area contributed by atoms with Gasteiger partial charge in [-0.3, -0.25) is 0 Å². The number of hydrogen-bond acceptors (Lipinski definition) is 1. The van der Waals surface area contributed by atoms with E-state index in [0.29, 0.717) is 0 Å². The summed E-state index contributed by atoms with van der Waals surface area (Å²) >= 11 is 0. The molecule has 0 aliphatic heterocycles. The fourth-order valence-electron chi connectivity index (χ4n) is 4.14. The van der Waals surface area contributed by atoms with Crippen LogP contribution in [0.3, 0.4) is 0 Å². The maximum Gasteiger partial charge on any atom is 0.123 e. The normalized spacial score (nSPS) is 18.2. The lowest BCUT2D eigenvalue weighted by Crippen LogP contribution is -2.33. The highest BCUT2D eigenvalue weighted by atomic mass is 19.1. The molecule has 1 aliphatic carbocycles. The Morgan fingerprint density at radius 1 is 0.963 bits per heavy atom. The highest BCUT2D eigenvalue weighted by Gasteiger charge is 2.36. The summed E-state index contributed by atoms with van der Waals surface area (Å²) < 4.78 is 13.1. The predicted octanol–water partition coefficient (Wildman–Crippen LogP) is 6.18. The van der Waals surface area contributed by atoms with Gasteiger partial charge in [-0.2, -0.15) is 0 Å². The van der Waals surface area contributed by atoms with Gasteiger partial charge in [0.25, 0.3) is 0 Å². The summed E-state index contributed by atoms with van der Waals surface area (Å²) in [6.07, 6.45) is 6.31. The molecule has 3 rings (SSSR count). The van der Waals surface area contributed by atoms with Crippen LogP contribution in [0.4, 0.5) is 4.39 Å². The van der Waals surface area contributed by atoms with Crippen LogP contribution >= 0.6 is 0 Å². The van der Waals surface area contributed by atoms with Crippen molar-refractivity contribution < 1.29 is 9.50 Å². The average molecular weight is 367 g/mol. The zero-order valence-corrected chi connectivity index (χ0v) is 17.0. The lowest BCUT2D eigenvalue weighted by Gasteiger charge is -2.42. The van der Waals surface area contributed by atoms with E-state index >= 15 is 0 Å². The summed E-state index contributed by atoms with van der Waals surface area (Å²) in [5.41, 5.74) is 6.52. The standard InChI is InChI=1S/C25H31FO/c1-24(2)14-15-25(3,4)23-16-18(8-13-22(23)24)6-5-7-20(17-27)19-9-11-21(26)12-10-19/h7-13,16,27H,5-6,14-15,17H2,1-4H3. The van der Waals surface area contributed by atoms with Crippen LogP contribution in [-0.2, 0) is 17.3 Å². The SMILES string of the molecule is CC1(C)CCC(C)(C)c2cc(CCC=C(CO)c3ccc(F)cc3)ccc21. The molecule has 0 saturated carbocycles. The molecule has 0 aromatic heterocycles. The molecule has 0 saturated heterocycles. The monoisotopic (exact) mass is 366 g/mol. The van der Waals surface area contributed by atoms with Gasteiger partial charge in [0.2, 0.25) is 0 Å². The summed E-state index contributed by atoms with van der Waals surface area (Å²) in [4.78, 5) is 0. The third-order valence-corrected chi connectivity index (χ3v) is 6.13. The second-order valence-corrected chi connectivity index (χ2v) is 9.08. The van der Waals surface area contributed by atoms with E-state index in [9.17, 15) is 9.50 Å². The minimum Gasteiger partial charge on any atom is -0.392 e. The fourth-order valence-corrected chi connectivity index (χ4v) is 4.14. The van der Waals surface area contributed by atoms with E-state index in [2.05, 4.69) is 52.0 Å². The van der Waals surface area contributed by atoms with Gasteiger partial charge in [-0.1, -0.05) is 64.1 Å². The Labute approximate surface area is 162 Å². The lowest BCUT2D eigenvalue weighted by molar-refractivity contribution is 0.331. The van der Waals surface area contributed by atoms with Crippen LogP contribution in [0, 0.1) is 5.82 Å². The van der Waals surface area contributed by atoms with Crippen molar-refractivity contribution in [3.8, 4) is 0 Å². The zero-order chi connectivity index (χ0) is 19.7. The van der Waals surface area contributed by atoms with Gasteiger partial charge in [0.1, 0.15) is 5.82 Å². The first-order valence-electron chi connectivity index (χ1n) is 9.93. The molecule has 144 valence electrons. The number of aliphatic hydroxyl groups excluding tert-OH is 1. The number of aryl methyl sites for hydroxylation is 1. The van der Waals surface area contributed by atoms with E-state index in [1.54, 1.807) is 12.1 Å². The molecule has 0 heterocycles. The molecular formula is C25H31FO. The van der Waals surface area contributed by atoms with Crippen LogP contribution in [0.1, 0.15) is 69.2 Å². The molecule has 1 nitrogen and oxygen atoms in total. The Hall–Kier alpha value is -1.93. The van der Waals surface area contributed by atoms with Crippen LogP contribution in [0.15, 0.2) is 48.5 Å². The van der Waals surface area contributed by atoms with Crippen LogP contribution in [0.25, 0.3) is 5.57 Å². The highest BCUT2D eigenvalue weighted by Crippen LogP contribution is 2.45. The predicted molar refractivity (Wildman–Crippen MR) is 112 cm³/mol. The Morgan fingerprint density at radius 2 is 1.59 bits per heavy atom. The van der Waals surface area contributed by atoms with Gasteiger partial charge < -0.3 is 5.11 Å². The summed E-state index contributed by atoms with van der Waals surface area (Å²) in [6, 6.07) is 13.3. The van der Waals surface area contributed by atoms with E-state index < -0.39 is 0 Å². The Kier molecular flexibility index (Phi) is 5.58. The molecule has 0 unspecified atom stereocenters. The van der Waals surface area contributed by atoms with E-state index in [0.717, 1.165) is 24.0 Å². The maximum absolute atomic E-state index is 13.1. The van der Waals surface area contributed by atoms with Gasteiger partial charge in [-0.15, -0.1) is 0 Å². The largest absolute Gasteiger partial charge is 0.392 e. The number of allylic oxidation sites excluding steroid dienone is 1. The highest BCUT2D eigenvalue weighted by molar-refractivity contribution is 5.66. The number of fused-ring (bicyclic) bond motifs is 1. The molecule has 1 aliphatic rings. The van der Waals surface area contributed by atoms with Crippen molar-refractivity contribution in [1.29, 1.82) is 0 Å². The maximum atomic E-state index is 13.1. The third-order valence-electron chi connectivity index (χ3n) is 6.13.